The maximum Gasteiger partial charge on any atom is 0.129 e. The average Bonchev–Trinajstić information content (AvgIpc) is 2.20. The molecule has 1 aromatic rings. The first-order valence-electron chi connectivity index (χ1n) is 4.09. The van der Waals surface area contributed by atoms with Crippen LogP contribution in [0.2, 0.25) is 5.02 Å². The lowest BCUT2D eigenvalue weighted by atomic mass is 10.2. The molecule has 0 aliphatic heterocycles. The van der Waals surface area contributed by atoms with Gasteiger partial charge in [-0.25, -0.2) is 0 Å². The predicted octanol–water partition coefficient (Wildman–Crippen LogP) is 3.70. The van der Waals surface area contributed by atoms with Gasteiger partial charge in [0.05, 0.1) is 6.07 Å². The van der Waals surface area contributed by atoms with E-state index >= 15 is 0 Å². The third-order valence-corrected chi connectivity index (χ3v) is 3.51. The zero-order chi connectivity index (χ0) is 10.4. The molecule has 0 N–H and O–H groups in total. The molecule has 14 heavy (non-hydrogen) atoms. The summed E-state index contributed by atoms with van der Waals surface area (Å²) in [6.07, 6.45) is 0. The van der Waals surface area contributed by atoms with Crippen molar-refractivity contribution in [3.05, 3.63) is 34.9 Å². The van der Waals surface area contributed by atoms with Gasteiger partial charge < -0.3 is 0 Å². The lowest BCUT2D eigenvalue weighted by Gasteiger charge is -2.03. The summed E-state index contributed by atoms with van der Waals surface area (Å²) in [4.78, 5) is 0. The van der Waals surface area contributed by atoms with Crippen molar-refractivity contribution in [3.63, 3.8) is 0 Å². The zero-order valence-corrected chi connectivity index (χ0v) is 9.74. The number of benzene rings is 1. The van der Waals surface area contributed by atoms with Crippen LogP contribution in [0, 0.1) is 11.3 Å². The normalized spacial score (nSPS) is 12.1. The Morgan fingerprint density at radius 3 is 2.79 bits per heavy atom. The van der Waals surface area contributed by atoms with E-state index in [1.165, 1.54) is 0 Å². The van der Waals surface area contributed by atoms with Crippen LogP contribution in [0.4, 0.5) is 0 Å². The monoisotopic (exact) mass is 245 g/mol. The number of hydrogen-bond acceptors (Lipinski definition) is 2. The van der Waals surface area contributed by atoms with Gasteiger partial charge in [0.15, 0.2) is 0 Å². The van der Waals surface area contributed by atoms with Crippen molar-refractivity contribution in [3.8, 4) is 6.07 Å². The van der Waals surface area contributed by atoms with Crippen molar-refractivity contribution >= 4 is 35.0 Å². The highest BCUT2D eigenvalue weighted by Crippen LogP contribution is 2.21. The minimum atomic E-state index is -0.414. The summed E-state index contributed by atoms with van der Waals surface area (Å²) in [5, 5.41) is 8.82. The second kappa shape index (κ2) is 6.19. The van der Waals surface area contributed by atoms with Gasteiger partial charge in [-0.3, -0.25) is 0 Å². The molecule has 0 aromatic heterocycles. The molecule has 0 bridgehead atoms. The lowest BCUT2D eigenvalue weighted by molar-refractivity contribution is 1.24. The summed E-state index contributed by atoms with van der Waals surface area (Å²) >= 11 is 13.2. The summed E-state index contributed by atoms with van der Waals surface area (Å²) in [6.45, 7) is 0. The van der Waals surface area contributed by atoms with Gasteiger partial charge in [0.2, 0.25) is 0 Å². The topological polar surface area (TPSA) is 23.8 Å². The number of thioether (sulfide) groups is 1. The van der Waals surface area contributed by atoms with Gasteiger partial charge in [0, 0.05) is 16.5 Å². The van der Waals surface area contributed by atoms with Crippen molar-refractivity contribution in [1.82, 2.24) is 0 Å². The van der Waals surface area contributed by atoms with Gasteiger partial charge in [0.1, 0.15) is 5.38 Å². The fourth-order valence-corrected chi connectivity index (χ4v) is 2.35. The third-order valence-electron chi connectivity index (χ3n) is 1.62. The van der Waals surface area contributed by atoms with Crippen LogP contribution >= 0.6 is 35.0 Å². The molecule has 0 fully saturated rings. The Labute approximate surface area is 98.0 Å². The standard InChI is InChI=1S/C10H9Cl2NS/c11-9(5-13)7-14-6-8-3-1-2-4-10(8)12/h1-4,9H,6-7H2. The van der Waals surface area contributed by atoms with E-state index < -0.39 is 5.38 Å². The van der Waals surface area contributed by atoms with Crippen LogP contribution in [-0.2, 0) is 5.75 Å². The van der Waals surface area contributed by atoms with Gasteiger partial charge >= 0.3 is 0 Å². The average molecular weight is 246 g/mol. The van der Waals surface area contributed by atoms with Gasteiger partial charge in [-0.2, -0.15) is 17.0 Å². The molecule has 0 heterocycles. The van der Waals surface area contributed by atoms with Gasteiger partial charge in [0.25, 0.3) is 0 Å². The predicted molar refractivity (Wildman–Crippen MR) is 62.9 cm³/mol. The molecule has 0 saturated carbocycles. The van der Waals surface area contributed by atoms with E-state index in [9.17, 15) is 0 Å². The maximum absolute atomic E-state index is 8.47. The quantitative estimate of drug-likeness (QED) is 0.756. The fraction of sp³-hybridized carbons (Fsp3) is 0.300. The summed E-state index contributed by atoms with van der Waals surface area (Å²) in [5.74, 6) is 1.42. The third kappa shape index (κ3) is 3.79. The molecule has 0 saturated heterocycles. The molecule has 1 unspecified atom stereocenters. The number of hydrogen-bond donors (Lipinski definition) is 0. The minimum Gasteiger partial charge on any atom is -0.197 e. The van der Waals surface area contributed by atoms with E-state index in [1.807, 2.05) is 30.3 Å². The van der Waals surface area contributed by atoms with E-state index in [1.54, 1.807) is 11.8 Å². The highest BCUT2D eigenvalue weighted by atomic mass is 35.5. The van der Waals surface area contributed by atoms with Crippen LogP contribution in [0.25, 0.3) is 0 Å². The summed E-state index contributed by atoms with van der Waals surface area (Å²) < 4.78 is 0. The molecule has 1 atom stereocenters. The molecule has 0 radical (unpaired) electrons. The number of nitrogens with zero attached hydrogens (tertiary/aromatic N) is 1. The molecule has 1 aromatic carbocycles. The van der Waals surface area contributed by atoms with Crippen LogP contribution in [0.1, 0.15) is 5.56 Å². The van der Waals surface area contributed by atoms with E-state index in [0.29, 0.717) is 5.75 Å². The van der Waals surface area contributed by atoms with Crippen LogP contribution < -0.4 is 0 Å². The Bertz CT molecular complexity index is 335. The molecule has 0 amide bonds. The molecular weight excluding hydrogens is 237 g/mol. The van der Waals surface area contributed by atoms with Crippen LogP contribution in [-0.4, -0.2) is 11.1 Å². The van der Waals surface area contributed by atoms with Crippen molar-refractivity contribution in [2.75, 3.05) is 5.75 Å². The first-order valence-corrected chi connectivity index (χ1v) is 6.06. The summed E-state index contributed by atoms with van der Waals surface area (Å²) in [5.41, 5.74) is 1.08. The van der Waals surface area contributed by atoms with Crippen LogP contribution in [0.15, 0.2) is 24.3 Å². The van der Waals surface area contributed by atoms with E-state index in [4.69, 9.17) is 28.5 Å². The first kappa shape index (κ1) is 11.7. The Kier molecular flexibility index (Phi) is 5.17. The van der Waals surface area contributed by atoms with Crippen molar-refractivity contribution in [2.24, 2.45) is 0 Å². The summed E-state index contributed by atoms with van der Waals surface area (Å²) in [7, 11) is 0. The highest BCUT2D eigenvalue weighted by molar-refractivity contribution is 7.98. The van der Waals surface area contributed by atoms with Crippen LogP contribution in [0.3, 0.4) is 0 Å². The molecule has 1 rings (SSSR count). The number of halogens is 2. The first-order chi connectivity index (χ1) is 6.74. The molecule has 4 heteroatoms. The fourth-order valence-electron chi connectivity index (χ4n) is 0.925. The largest absolute Gasteiger partial charge is 0.197 e. The molecule has 1 nitrogen and oxygen atoms in total. The Hall–Kier alpha value is -0.360. The highest BCUT2D eigenvalue weighted by Gasteiger charge is 2.03. The molecular formula is C10H9Cl2NS. The molecule has 0 aliphatic rings. The van der Waals surface area contributed by atoms with E-state index in [2.05, 4.69) is 0 Å². The van der Waals surface area contributed by atoms with E-state index in [-0.39, 0.29) is 0 Å². The number of nitriles is 1. The van der Waals surface area contributed by atoms with Crippen molar-refractivity contribution < 1.29 is 0 Å². The Morgan fingerprint density at radius 2 is 2.14 bits per heavy atom. The number of alkyl halides is 1. The molecule has 74 valence electrons. The lowest BCUT2D eigenvalue weighted by Crippen LogP contribution is -1.97. The van der Waals surface area contributed by atoms with E-state index in [0.717, 1.165) is 16.3 Å². The van der Waals surface area contributed by atoms with Gasteiger partial charge in [-0.15, -0.1) is 11.6 Å². The smallest absolute Gasteiger partial charge is 0.129 e. The summed E-state index contributed by atoms with van der Waals surface area (Å²) in [6, 6.07) is 9.66. The zero-order valence-electron chi connectivity index (χ0n) is 7.41. The molecule has 0 aliphatic carbocycles. The maximum atomic E-state index is 8.47. The second-order valence-electron chi connectivity index (χ2n) is 2.70. The van der Waals surface area contributed by atoms with Gasteiger partial charge in [-0.1, -0.05) is 29.8 Å². The SMILES string of the molecule is N#CC(Cl)CSCc1ccccc1Cl. The van der Waals surface area contributed by atoms with Crippen molar-refractivity contribution in [2.45, 2.75) is 11.1 Å². The second-order valence-corrected chi connectivity index (χ2v) is 4.67. The number of rotatable bonds is 4. The Morgan fingerprint density at radius 1 is 1.43 bits per heavy atom. The van der Waals surface area contributed by atoms with Gasteiger partial charge in [-0.05, 0) is 11.6 Å². The van der Waals surface area contributed by atoms with Crippen molar-refractivity contribution in [1.29, 1.82) is 5.26 Å². The molecule has 0 spiro atoms. The minimum absolute atomic E-state index is 0.414. The Balaban J connectivity index is 2.40. The van der Waals surface area contributed by atoms with Crippen LogP contribution in [0.5, 0.6) is 0 Å².